The van der Waals surface area contributed by atoms with Gasteiger partial charge in [0.2, 0.25) is 0 Å². The van der Waals surface area contributed by atoms with Crippen molar-refractivity contribution in [2.75, 3.05) is 0 Å². The zero-order valence-corrected chi connectivity index (χ0v) is 18.4. The average molecular weight is 437 g/mol. The van der Waals surface area contributed by atoms with Gasteiger partial charge < -0.3 is 9.47 Å². The van der Waals surface area contributed by atoms with E-state index >= 15 is 0 Å². The Balaban J connectivity index is 1.62. The lowest BCUT2D eigenvalue weighted by molar-refractivity contribution is 0.455. The van der Waals surface area contributed by atoms with Crippen LogP contribution in [0.3, 0.4) is 0 Å². The summed E-state index contributed by atoms with van der Waals surface area (Å²) < 4.78 is 13.0. The number of fused-ring (bicyclic) bond motifs is 4. The molecule has 0 spiro atoms. The zero-order valence-electron chi connectivity index (χ0n) is 18.4. The summed E-state index contributed by atoms with van der Waals surface area (Å²) in [5.74, 6) is 3.42. The van der Waals surface area contributed by atoms with Crippen LogP contribution in [0.1, 0.15) is 22.3 Å². The Labute approximate surface area is 197 Å². The predicted molar refractivity (Wildman–Crippen MR) is 135 cm³/mol. The lowest BCUT2D eigenvalue weighted by atomic mass is 9.90. The van der Waals surface area contributed by atoms with Crippen molar-refractivity contribution >= 4 is 11.1 Å². The van der Waals surface area contributed by atoms with E-state index in [2.05, 4.69) is 84.9 Å². The highest BCUT2D eigenvalue weighted by Gasteiger charge is 2.25. The molecule has 0 bridgehead atoms. The Morgan fingerprint density at radius 1 is 0.353 bits per heavy atom. The molecular weight excluding hydrogens is 416 g/mol. The van der Waals surface area contributed by atoms with Crippen molar-refractivity contribution in [1.82, 2.24) is 0 Å². The van der Waals surface area contributed by atoms with Crippen LogP contribution >= 0.6 is 0 Å². The molecule has 34 heavy (non-hydrogen) atoms. The standard InChI is InChI=1S/C32H20O2/c1-3-11-21(12-4-1)31-23-15-7-9-17-27(23)33-29-20-26-30(19-25(29)31)34-28-18-10-8-16-24(28)32(26)22-13-5-2-6-14-22/h1-20H. The quantitative estimate of drug-likeness (QED) is 0.313. The summed E-state index contributed by atoms with van der Waals surface area (Å²) in [6, 6.07) is 41.8. The van der Waals surface area contributed by atoms with Gasteiger partial charge in [0.1, 0.15) is 23.0 Å². The van der Waals surface area contributed by atoms with Gasteiger partial charge in [-0.15, -0.1) is 0 Å². The predicted octanol–water partition coefficient (Wildman–Crippen LogP) is 6.39. The Morgan fingerprint density at radius 2 is 0.735 bits per heavy atom. The summed E-state index contributed by atoms with van der Waals surface area (Å²) in [6.45, 7) is 0. The van der Waals surface area contributed by atoms with Crippen molar-refractivity contribution in [3.63, 3.8) is 0 Å². The number of hydrogen-bond donors (Lipinski definition) is 0. The first-order chi connectivity index (χ1) is 16.9. The number of rotatable bonds is 2. The minimum absolute atomic E-state index is 0.840. The highest BCUT2D eigenvalue weighted by Crippen LogP contribution is 2.39. The van der Waals surface area contributed by atoms with Crippen LogP contribution in [-0.2, 0) is 0 Å². The van der Waals surface area contributed by atoms with Gasteiger partial charge in [-0.05, 0) is 35.4 Å². The third kappa shape index (κ3) is 2.89. The number of ether oxygens (including phenoxy) is 2. The van der Waals surface area contributed by atoms with Crippen molar-refractivity contribution in [2.24, 2.45) is 0 Å². The van der Waals surface area contributed by atoms with E-state index in [0.29, 0.717) is 0 Å². The number of para-hydroxylation sites is 2. The van der Waals surface area contributed by atoms with E-state index in [4.69, 9.17) is 9.47 Å². The molecular formula is C32H20O2. The van der Waals surface area contributed by atoms with Gasteiger partial charge in [-0.25, -0.2) is 0 Å². The van der Waals surface area contributed by atoms with Crippen LogP contribution in [0.5, 0.6) is 23.0 Å². The molecule has 7 rings (SSSR count). The molecule has 2 nitrogen and oxygen atoms in total. The van der Waals surface area contributed by atoms with Crippen molar-refractivity contribution in [3.05, 3.63) is 154 Å². The molecule has 0 aromatic heterocycles. The molecule has 0 saturated carbocycles. The van der Waals surface area contributed by atoms with Crippen LogP contribution in [0.4, 0.5) is 0 Å². The molecule has 0 amide bonds. The Kier molecular flexibility index (Phi) is 4.18. The van der Waals surface area contributed by atoms with E-state index in [1.54, 1.807) is 0 Å². The van der Waals surface area contributed by atoms with E-state index in [0.717, 1.165) is 66.8 Å². The average Bonchev–Trinajstić information content (AvgIpc) is 2.90. The van der Waals surface area contributed by atoms with Crippen LogP contribution in [0.2, 0.25) is 0 Å². The lowest BCUT2D eigenvalue weighted by Crippen LogP contribution is -2.24. The van der Waals surface area contributed by atoms with E-state index in [-0.39, 0.29) is 0 Å². The molecule has 2 heterocycles. The fourth-order valence-corrected chi connectivity index (χ4v) is 5.00. The largest absolute Gasteiger partial charge is 0.456 e. The molecule has 0 saturated heterocycles. The number of hydrogen-bond acceptors (Lipinski definition) is 2. The van der Waals surface area contributed by atoms with Gasteiger partial charge in [0, 0.05) is 32.7 Å². The molecule has 2 aliphatic heterocycles. The maximum absolute atomic E-state index is 6.48. The molecule has 0 fully saturated rings. The second kappa shape index (κ2) is 7.50. The zero-order chi connectivity index (χ0) is 22.5. The first kappa shape index (κ1) is 19.0. The van der Waals surface area contributed by atoms with Crippen molar-refractivity contribution < 1.29 is 9.47 Å². The summed E-state index contributed by atoms with van der Waals surface area (Å²) in [7, 11) is 0. The molecule has 0 atom stereocenters. The van der Waals surface area contributed by atoms with Gasteiger partial charge in [0.05, 0.1) is 0 Å². The fraction of sp³-hybridized carbons (Fsp3) is 0. The van der Waals surface area contributed by atoms with Gasteiger partial charge in [-0.3, -0.25) is 0 Å². The van der Waals surface area contributed by atoms with Crippen LogP contribution in [0, 0.1) is 0 Å². The molecule has 160 valence electrons. The SMILES string of the molecule is c1ccc(C2=c3cc4c(cc3Oc3ccccc32)=C(c2ccccc2)c2ccccc2O4)cc1. The van der Waals surface area contributed by atoms with Gasteiger partial charge in [0.25, 0.3) is 0 Å². The normalized spacial score (nSPS) is 13.1. The molecule has 0 radical (unpaired) electrons. The Hall–Kier alpha value is -4.56. The van der Waals surface area contributed by atoms with Gasteiger partial charge in [-0.2, -0.15) is 0 Å². The second-order valence-electron chi connectivity index (χ2n) is 8.52. The Bertz CT molecular complexity index is 1550. The monoisotopic (exact) mass is 436 g/mol. The minimum Gasteiger partial charge on any atom is -0.456 e. The first-order valence-electron chi connectivity index (χ1n) is 11.4. The lowest BCUT2D eigenvalue weighted by Gasteiger charge is -2.25. The molecule has 2 aliphatic rings. The molecule has 5 aromatic rings. The third-order valence-electron chi connectivity index (χ3n) is 6.50. The van der Waals surface area contributed by atoms with Gasteiger partial charge >= 0.3 is 0 Å². The molecule has 0 N–H and O–H groups in total. The summed E-state index contributed by atoms with van der Waals surface area (Å²) in [5, 5.41) is 2.07. The van der Waals surface area contributed by atoms with E-state index in [9.17, 15) is 0 Å². The van der Waals surface area contributed by atoms with Crippen molar-refractivity contribution in [3.8, 4) is 23.0 Å². The topological polar surface area (TPSA) is 18.5 Å². The van der Waals surface area contributed by atoms with E-state index in [1.807, 2.05) is 36.4 Å². The van der Waals surface area contributed by atoms with Gasteiger partial charge in [0.15, 0.2) is 0 Å². The number of benzene rings is 5. The second-order valence-corrected chi connectivity index (χ2v) is 8.52. The molecule has 0 aliphatic carbocycles. The smallest absolute Gasteiger partial charge is 0.136 e. The van der Waals surface area contributed by atoms with Gasteiger partial charge in [-0.1, -0.05) is 97.1 Å². The van der Waals surface area contributed by atoms with Crippen molar-refractivity contribution in [1.29, 1.82) is 0 Å². The minimum atomic E-state index is 0.840. The summed E-state index contributed by atoms with van der Waals surface area (Å²) in [5.41, 5.74) is 6.80. The van der Waals surface area contributed by atoms with Crippen LogP contribution in [-0.4, -0.2) is 0 Å². The maximum atomic E-state index is 6.48. The van der Waals surface area contributed by atoms with Crippen molar-refractivity contribution in [2.45, 2.75) is 0 Å². The Morgan fingerprint density at radius 3 is 1.18 bits per heavy atom. The van der Waals surface area contributed by atoms with Crippen LogP contribution in [0.25, 0.3) is 11.1 Å². The fourth-order valence-electron chi connectivity index (χ4n) is 5.00. The molecule has 0 unspecified atom stereocenters. The summed E-state index contributed by atoms with van der Waals surface area (Å²) in [4.78, 5) is 0. The summed E-state index contributed by atoms with van der Waals surface area (Å²) >= 11 is 0. The highest BCUT2D eigenvalue weighted by molar-refractivity contribution is 5.88. The van der Waals surface area contributed by atoms with Crippen LogP contribution in [0.15, 0.2) is 121 Å². The van der Waals surface area contributed by atoms with E-state index in [1.165, 1.54) is 0 Å². The first-order valence-corrected chi connectivity index (χ1v) is 11.4. The third-order valence-corrected chi connectivity index (χ3v) is 6.50. The molecule has 5 aromatic carbocycles. The van der Waals surface area contributed by atoms with Crippen LogP contribution < -0.4 is 19.9 Å². The molecule has 2 heteroatoms. The maximum Gasteiger partial charge on any atom is 0.136 e. The van der Waals surface area contributed by atoms with E-state index < -0.39 is 0 Å². The summed E-state index contributed by atoms with van der Waals surface area (Å²) in [6.07, 6.45) is 0. The highest BCUT2D eigenvalue weighted by atomic mass is 16.5.